The predicted octanol–water partition coefficient (Wildman–Crippen LogP) is 4.25. The van der Waals surface area contributed by atoms with E-state index < -0.39 is 0 Å². The first kappa shape index (κ1) is 17.3. The number of hydrogen-bond donors (Lipinski definition) is 0. The maximum absolute atomic E-state index is 12.4. The molecule has 1 rings (SSSR count). The minimum absolute atomic E-state index is 0.0489. The zero-order chi connectivity index (χ0) is 15.6. The average Bonchev–Trinajstić information content (AvgIpc) is 2.74. The van der Waals surface area contributed by atoms with E-state index in [1.165, 1.54) is 0 Å². The Morgan fingerprint density at radius 2 is 1.90 bits per heavy atom. The molecule has 0 bridgehead atoms. The SMILES string of the molecule is CC(C)CSC(C)(C)C(=O)Cc1cc(C(C)(C)C)no1. The lowest BCUT2D eigenvalue weighted by Crippen LogP contribution is -2.30. The number of aromatic nitrogens is 1. The number of carbonyl (C=O) groups is 1. The first-order chi connectivity index (χ1) is 9.02. The van der Waals surface area contributed by atoms with Crippen molar-refractivity contribution in [1.29, 1.82) is 0 Å². The standard InChI is InChI=1S/C16H27NO2S/c1-11(2)10-20-16(6,7)14(18)9-12-8-13(17-19-12)15(3,4)5/h8,11H,9-10H2,1-7H3. The molecule has 0 aliphatic rings. The van der Waals surface area contributed by atoms with Crippen molar-refractivity contribution < 1.29 is 9.32 Å². The molecule has 0 amide bonds. The molecule has 0 atom stereocenters. The number of nitrogens with zero attached hydrogens (tertiary/aromatic N) is 1. The van der Waals surface area contributed by atoms with Crippen LogP contribution in [0.3, 0.4) is 0 Å². The van der Waals surface area contributed by atoms with Crippen LogP contribution in [0, 0.1) is 5.92 Å². The van der Waals surface area contributed by atoms with E-state index in [1.807, 2.05) is 19.9 Å². The quantitative estimate of drug-likeness (QED) is 0.787. The molecule has 4 heteroatoms. The van der Waals surface area contributed by atoms with Crippen molar-refractivity contribution in [3.63, 3.8) is 0 Å². The van der Waals surface area contributed by atoms with Crippen molar-refractivity contribution in [1.82, 2.24) is 5.16 Å². The van der Waals surface area contributed by atoms with Gasteiger partial charge in [-0.15, -0.1) is 11.8 Å². The number of thioether (sulfide) groups is 1. The normalized spacial score (nSPS) is 13.0. The van der Waals surface area contributed by atoms with Gasteiger partial charge in [0.1, 0.15) is 5.76 Å². The van der Waals surface area contributed by atoms with Crippen molar-refractivity contribution in [2.75, 3.05) is 5.75 Å². The van der Waals surface area contributed by atoms with Gasteiger partial charge in [-0.1, -0.05) is 39.8 Å². The van der Waals surface area contributed by atoms with Crippen molar-refractivity contribution >= 4 is 17.5 Å². The lowest BCUT2D eigenvalue weighted by Gasteiger charge is -2.23. The zero-order valence-electron chi connectivity index (χ0n) is 13.7. The summed E-state index contributed by atoms with van der Waals surface area (Å²) in [6.07, 6.45) is 0.321. The fourth-order valence-corrected chi connectivity index (χ4v) is 2.56. The number of Topliss-reactive ketones (excluding diaryl/α,β-unsaturated/α-hetero) is 1. The number of hydrogen-bond acceptors (Lipinski definition) is 4. The Bertz CT molecular complexity index is 455. The van der Waals surface area contributed by atoms with Crippen molar-refractivity contribution in [3.8, 4) is 0 Å². The molecule has 1 heterocycles. The van der Waals surface area contributed by atoms with Crippen LogP contribution in [-0.2, 0) is 16.6 Å². The van der Waals surface area contributed by atoms with E-state index in [2.05, 4.69) is 39.8 Å². The lowest BCUT2D eigenvalue weighted by atomic mass is 9.92. The van der Waals surface area contributed by atoms with Gasteiger partial charge >= 0.3 is 0 Å². The van der Waals surface area contributed by atoms with Crippen LogP contribution in [0.15, 0.2) is 10.6 Å². The van der Waals surface area contributed by atoms with Crippen molar-refractivity contribution in [3.05, 3.63) is 17.5 Å². The van der Waals surface area contributed by atoms with Crippen LogP contribution in [0.25, 0.3) is 0 Å². The zero-order valence-corrected chi connectivity index (χ0v) is 14.6. The first-order valence-corrected chi connectivity index (χ1v) is 8.14. The van der Waals surface area contributed by atoms with Gasteiger partial charge in [-0.25, -0.2) is 0 Å². The monoisotopic (exact) mass is 297 g/mol. The number of carbonyl (C=O) groups excluding carboxylic acids is 1. The number of rotatable bonds is 6. The van der Waals surface area contributed by atoms with Gasteiger partial charge in [0, 0.05) is 11.5 Å². The van der Waals surface area contributed by atoms with E-state index in [0.717, 1.165) is 11.4 Å². The highest BCUT2D eigenvalue weighted by molar-refractivity contribution is 8.01. The van der Waals surface area contributed by atoms with E-state index in [9.17, 15) is 4.79 Å². The lowest BCUT2D eigenvalue weighted by molar-refractivity contribution is -0.120. The summed E-state index contributed by atoms with van der Waals surface area (Å²) in [6, 6.07) is 1.90. The maximum Gasteiger partial charge on any atom is 0.155 e. The fourth-order valence-electron chi connectivity index (χ4n) is 1.58. The highest BCUT2D eigenvalue weighted by Crippen LogP contribution is 2.29. The molecule has 0 fully saturated rings. The summed E-state index contributed by atoms with van der Waals surface area (Å²) in [4.78, 5) is 12.4. The molecule has 0 spiro atoms. The molecule has 0 unspecified atom stereocenters. The Hall–Kier alpha value is -0.770. The smallest absolute Gasteiger partial charge is 0.155 e. The average molecular weight is 297 g/mol. The third-order valence-corrected chi connectivity index (χ3v) is 4.89. The summed E-state index contributed by atoms with van der Waals surface area (Å²) in [5, 5.41) is 4.06. The maximum atomic E-state index is 12.4. The van der Waals surface area contributed by atoms with E-state index in [4.69, 9.17) is 4.52 Å². The van der Waals surface area contributed by atoms with Gasteiger partial charge in [0.15, 0.2) is 5.78 Å². The third-order valence-electron chi connectivity index (χ3n) is 3.11. The van der Waals surface area contributed by atoms with Gasteiger partial charge in [-0.2, -0.15) is 0 Å². The molecular formula is C16H27NO2S. The summed E-state index contributed by atoms with van der Waals surface area (Å²) >= 11 is 1.71. The van der Waals surface area contributed by atoms with Gasteiger partial charge in [-0.05, 0) is 25.5 Å². The minimum Gasteiger partial charge on any atom is -0.361 e. The molecule has 1 aromatic heterocycles. The Kier molecular flexibility index (Phi) is 5.47. The summed E-state index contributed by atoms with van der Waals surface area (Å²) in [6.45, 7) is 14.6. The van der Waals surface area contributed by atoms with Crippen LogP contribution in [-0.4, -0.2) is 21.4 Å². The second-order valence-electron chi connectivity index (χ2n) is 7.24. The van der Waals surface area contributed by atoms with Crippen LogP contribution >= 0.6 is 11.8 Å². The van der Waals surface area contributed by atoms with Crippen LogP contribution in [0.2, 0.25) is 0 Å². The highest BCUT2D eigenvalue weighted by atomic mass is 32.2. The van der Waals surface area contributed by atoms with E-state index in [0.29, 0.717) is 18.1 Å². The summed E-state index contributed by atoms with van der Waals surface area (Å²) in [5.74, 6) is 2.44. The van der Waals surface area contributed by atoms with Gasteiger partial charge < -0.3 is 4.52 Å². The number of ketones is 1. The molecule has 114 valence electrons. The molecule has 0 aromatic carbocycles. The first-order valence-electron chi connectivity index (χ1n) is 7.15. The Balaban J connectivity index is 2.68. The van der Waals surface area contributed by atoms with Crippen LogP contribution in [0.1, 0.15) is 59.9 Å². The summed E-state index contributed by atoms with van der Waals surface area (Å²) in [5.41, 5.74) is 0.847. The van der Waals surface area contributed by atoms with Gasteiger partial charge in [0.05, 0.1) is 16.9 Å². The molecule has 1 aromatic rings. The topological polar surface area (TPSA) is 43.1 Å². The fraction of sp³-hybridized carbons (Fsp3) is 0.750. The van der Waals surface area contributed by atoms with E-state index in [1.54, 1.807) is 11.8 Å². The van der Waals surface area contributed by atoms with Crippen molar-refractivity contribution in [2.24, 2.45) is 5.92 Å². The third kappa shape index (κ3) is 4.97. The van der Waals surface area contributed by atoms with Crippen LogP contribution in [0.5, 0.6) is 0 Å². The Morgan fingerprint density at radius 3 is 2.35 bits per heavy atom. The largest absolute Gasteiger partial charge is 0.361 e. The molecule has 0 aliphatic heterocycles. The molecule has 0 radical (unpaired) electrons. The van der Waals surface area contributed by atoms with E-state index in [-0.39, 0.29) is 15.9 Å². The Labute approximate surface area is 126 Å². The minimum atomic E-state index is -0.376. The molecule has 0 aliphatic carbocycles. The second-order valence-corrected chi connectivity index (χ2v) is 8.89. The predicted molar refractivity (Wildman–Crippen MR) is 85.3 cm³/mol. The molecule has 0 saturated carbocycles. The van der Waals surface area contributed by atoms with Crippen molar-refractivity contribution in [2.45, 2.75) is 65.0 Å². The summed E-state index contributed by atoms with van der Waals surface area (Å²) in [7, 11) is 0. The molecule has 3 nitrogen and oxygen atoms in total. The highest BCUT2D eigenvalue weighted by Gasteiger charge is 2.29. The molecule has 0 saturated heterocycles. The second kappa shape index (κ2) is 6.33. The van der Waals surface area contributed by atoms with Gasteiger partial charge in [-0.3, -0.25) is 4.79 Å². The van der Waals surface area contributed by atoms with Crippen LogP contribution in [0.4, 0.5) is 0 Å². The Morgan fingerprint density at radius 1 is 1.30 bits per heavy atom. The molecular weight excluding hydrogens is 270 g/mol. The van der Waals surface area contributed by atoms with E-state index >= 15 is 0 Å². The van der Waals surface area contributed by atoms with Crippen LogP contribution < -0.4 is 0 Å². The molecule has 0 N–H and O–H groups in total. The van der Waals surface area contributed by atoms with Gasteiger partial charge in [0.25, 0.3) is 0 Å². The molecule has 20 heavy (non-hydrogen) atoms. The summed E-state index contributed by atoms with van der Waals surface area (Å²) < 4.78 is 4.93. The van der Waals surface area contributed by atoms with Gasteiger partial charge in [0.2, 0.25) is 0 Å².